The number of rotatable bonds is 5. The predicted molar refractivity (Wildman–Crippen MR) is 87.2 cm³/mol. The van der Waals surface area contributed by atoms with E-state index < -0.39 is 6.61 Å². The van der Waals surface area contributed by atoms with Crippen LogP contribution in [0.3, 0.4) is 0 Å². The van der Waals surface area contributed by atoms with Gasteiger partial charge in [0, 0.05) is 11.9 Å². The van der Waals surface area contributed by atoms with Gasteiger partial charge in [-0.15, -0.1) is 0 Å². The molecule has 3 rings (SSSR count). The highest BCUT2D eigenvalue weighted by Crippen LogP contribution is 2.24. The maximum Gasteiger partial charge on any atom is 0.387 e. The molecule has 2 aromatic carbocycles. The van der Waals surface area contributed by atoms with Crippen LogP contribution < -0.4 is 10.1 Å². The van der Waals surface area contributed by atoms with Gasteiger partial charge in [0.2, 0.25) is 0 Å². The number of alkyl halides is 2. The molecule has 0 atom stereocenters. The SMILES string of the molecule is FC(F)Oc1ccc(CNc2cc3ccccc3c(Cl)n2)cc1. The summed E-state index contributed by atoms with van der Waals surface area (Å²) in [5.74, 6) is 0.789. The number of aromatic nitrogens is 1. The third-order valence-electron chi connectivity index (χ3n) is 3.32. The molecule has 118 valence electrons. The number of ether oxygens (including phenoxy) is 1. The second-order valence-electron chi connectivity index (χ2n) is 4.90. The van der Waals surface area contributed by atoms with Gasteiger partial charge in [0.05, 0.1) is 0 Å². The molecule has 0 fully saturated rings. The van der Waals surface area contributed by atoms with Crippen LogP contribution in [0.2, 0.25) is 5.15 Å². The number of hydrogen-bond donors (Lipinski definition) is 1. The van der Waals surface area contributed by atoms with Gasteiger partial charge in [0.25, 0.3) is 0 Å². The summed E-state index contributed by atoms with van der Waals surface area (Å²) in [4.78, 5) is 4.30. The minimum absolute atomic E-state index is 0.135. The first-order valence-electron chi connectivity index (χ1n) is 6.95. The van der Waals surface area contributed by atoms with Crippen molar-refractivity contribution < 1.29 is 13.5 Å². The predicted octanol–water partition coefficient (Wildman–Crippen LogP) is 5.10. The van der Waals surface area contributed by atoms with Crippen LogP contribution in [0.25, 0.3) is 10.8 Å². The number of nitrogens with one attached hydrogen (secondary N) is 1. The molecule has 0 aliphatic rings. The van der Waals surface area contributed by atoms with Gasteiger partial charge < -0.3 is 10.1 Å². The molecule has 0 aliphatic heterocycles. The van der Waals surface area contributed by atoms with Crippen molar-refractivity contribution in [2.45, 2.75) is 13.2 Å². The Morgan fingerprint density at radius 1 is 1.09 bits per heavy atom. The van der Waals surface area contributed by atoms with Gasteiger partial charge in [-0.3, -0.25) is 0 Å². The molecule has 0 aliphatic carbocycles. The van der Waals surface area contributed by atoms with E-state index in [2.05, 4.69) is 15.0 Å². The highest BCUT2D eigenvalue weighted by atomic mass is 35.5. The van der Waals surface area contributed by atoms with Gasteiger partial charge in [-0.1, -0.05) is 48.0 Å². The van der Waals surface area contributed by atoms with Crippen molar-refractivity contribution in [3.05, 3.63) is 65.3 Å². The van der Waals surface area contributed by atoms with Crippen LogP contribution in [0, 0.1) is 0 Å². The standard InChI is InChI=1S/C17H13ClF2N2O/c18-16-14-4-2-1-3-12(14)9-15(22-16)21-10-11-5-7-13(8-6-11)23-17(19)20/h1-9,17H,10H2,(H,21,22). The van der Waals surface area contributed by atoms with Crippen LogP contribution >= 0.6 is 11.6 Å². The monoisotopic (exact) mass is 334 g/mol. The van der Waals surface area contributed by atoms with Crippen molar-refractivity contribution in [3.8, 4) is 5.75 Å². The Morgan fingerprint density at radius 2 is 1.83 bits per heavy atom. The zero-order chi connectivity index (χ0) is 16.2. The van der Waals surface area contributed by atoms with Gasteiger partial charge in [-0.25, -0.2) is 4.98 Å². The van der Waals surface area contributed by atoms with Gasteiger partial charge in [-0.05, 0) is 29.1 Å². The Balaban J connectivity index is 1.70. The van der Waals surface area contributed by atoms with Crippen molar-refractivity contribution in [3.63, 3.8) is 0 Å². The fourth-order valence-electron chi connectivity index (χ4n) is 2.23. The maximum absolute atomic E-state index is 12.1. The zero-order valence-electron chi connectivity index (χ0n) is 12.0. The van der Waals surface area contributed by atoms with Crippen molar-refractivity contribution in [1.82, 2.24) is 4.98 Å². The molecule has 0 bridgehead atoms. The molecule has 3 nitrogen and oxygen atoms in total. The second kappa shape index (κ2) is 6.79. The number of anilines is 1. The van der Waals surface area contributed by atoms with E-state index >= 15 is 0 Å². The van der Waals surface area contributed by atoms with Crippen LogP contribution in [0.4, 0.5) is 14.6 Å². The van der Waals surface area contributed by atoms with Crippen molar-refractivity contribution in [2.24, 2.45) is 0 Å². The average molecular weight is 335 g/mol. The van der Waals surface area contributed by atoms with Crippen LogP contribution in [-0.2, 0) is 6.54 Å². The molecule has 0 radical (unpaired) electrons. The van der Waals surface area contributed by atoms with Gasteiger partial charge in [0.1, 0.15) is 16.7 Å². The molecule has 1 aromatic heterocycles. The third-order valence-corrected chi connectivity index (χ3v) is 3.60. The molecule has 23 heavy (non-hydrogen) atoms. The molecule has 6 heteroatoms. The Bertz CT molecular complexity index is 809. The summed E-state index contributed by atoms with van der Waals surface area (Å²) < 4.78 is 28.5. The van der Waals surface area contributed by atoms with E-state index in [0.717, 1.165) is 16.3 Å². The summed E-state index contributed by atoms with van der Waals surface area (Å²) in [5, 5.41) is 5.50. The average Bonchev–Trinajstić information content (AvgIpc) is 2.54. The molecule has 1 heterocycles. The topological polar surface area (TPSA) is 34.1 Å². The highest BCUT2D eigenvalue weighted by molar-refractivity contribution is 6.34. The first-order valence-corrected chi connectivity index (χ1v) is 7.32. The van der Waals surface area contributed by atoms with E-state index in [1.165, 1.54) is 12.1 Å². The number of hydrogen-bond acceptors (Lipinski definition) is 3. The summed E-state index contributed by atoms with van der Waals surface area (Å²) in [6.07, 6.45) is 0. The number of fused-ring (bicyclic) bond motifs is 1. The van der Waals surface area contributed by atoms with Crippen LogP contribution in [0.15, 0.2) is 54.6 Å². The molecule has 0 spiro atoms. The van der Waals surface area contributed by atoms with E-state index in [0.29, 0.717) is 17.5 Å². The molecule has 0 amide bonds. The van der Waals surface area contributed by atoms with E-state index in [9.17, 15) is 8.78 Å². The van der Waals surface area contributed by atoms with Crippen LogP contribution in [0.5, 0.6) is 5.75 Å². The normalized spacial score (nSPS) is 11.0. The number of benzene rings is 2. The van der Waals surface area contributed by atoms with E-state index in [4.69, 9.17) is 11.6 Å². The van der Waals surface area contributed by atoms with E-state index in [1.807, 2.05) is 30.3 Å². The minimum Gasteiger partial charge on any atom is -0.435 e. The molecule has 0 saturated heterocycles. The summed E-state index contributed by atoms with van der Waals surface area (Å²) in [5.41, 5.74) is 0.915. The first kappa shape index (κ1) is 15.5. The number of nitrogens with zero attached hydrogens (tertiary/aromatic N) is 1. The zero-order valence-corrected chi connectivity index (χ0v) is 12.7. The fourth-order valence-corrected chi connectivity index (χ4v) is 2.49. The molecular formula is C17H13ClF2N2O. The van der Waals surface area contributed by atoms with E-state index in [-0.39, 0.29) is 5.75 Å². The summed E-state index contributed by atoms with van der Waals surface area (Å²) in [6, 6.07) is 16.1. The van der Waals surface area contributed by atoms with E-state index in [1.54, 1.807) is 12.1 Å². The lowest BCUT2D eigenvalue weighted by atomic mass is 10.2. The highest BCUT2D eigenvalue weighted by Gasteiger charge is 2.05. The van der Waals surface area contributed by atoms with Gasteiger partial charge in [0.15, 0.2) is 0 Å². The molecule has 0 saturated carbocycles. The summed E-state index contributed by atoms with van der Waals surface area (Å²) in [7, 11) is 0. The number of pyridine rings is 1. The van der Waals surface area contributed by atoms with Crippen molar-refractivity contribution >= 4 is 28.2 Å². The Hall–Kier alpha value is -2.40. The van der Waals surface area contributed by atoms with Gasteiger partial charge in [-0.2, -0.15) is 8.78 Å². The van der Waals surface area contributed by atoms with Crippen molar-refractivity contribution in [2.75, 3.05) is 5.32 Å². The summed E-state index contributed by atoms with van der Waals surface area (Å²) in [6.45, 7) is -2.32. The second-order valence-corrected chi connectivity index (χ2v) is 5.25. The fraction of sp³-hybridized carbons (Fsp3) is 0.118. The molecular weight excluding hydrogens is 322 g/mol. The van der Waals surface area contributed by atoms with Crippen molar-refractivity contribution in [1.29, 1.82) is 0 Å². The number of halogens is 3. The largest absolute Gasteiger partial charge is 0.435 e. The Morgan fingerprint density at radius 3 is 2.57 bits per heavy atom. The third kappa shape index (κ3) is 3.87. The quantitative estimate of drug-likeness (QED) is 0.659. The lowest BCUT2D eigenvalue weighted by molar-refractivity contribution is -0.0498. The lowest BCUT2D eigenvalue weighted by Crippen LogP contribution is -2.03. The Labute approximate surface area is 136 Å². The lowest BCUT2D eigenvalue weighted by Gasteiger charge is -2.09. The minimum atomic E-state index is -2.82. The van der Waals surface area contributed by atoms with Crippen LogP contribution in [-0.4, -0.2) is 11.6 Å². The van der Waals surface area contributed by atoms with Gasteiger partial charge >= 0.3 is 6.61 Å². The smallest absolute Gasteiger partial charge is 0.387 e. The summed E-state index contributed by atoms with van der Waals surface area (Å²) >= 11 is 6.17. The maximum atomic E-state index is 12.1. The first-order chi connectivity index (χ1) is 11.1. The van der Waals surface area contributed by atoms with Crippen LogP contribution in [0.1, 0.15) is 5.56 Å². The molecule has 0 unspecified atom stereocenters. The molecule has 3 aromatic rings. The molecule has 1 N–H and O–H groups in total. The Kier molecular flexibility index (Phi) is 4.57.